The van der Waals surface area contributed by atoms with Gasteiger partial charge in [0.15, 0.2) is 0 Å². The summed E-state index contributed by atoms with van der Waals surface area (Å²) in [6.45, 7) is 6.53. The SMILES string of the molecule is CCOC(=O)C(CC)(CCC(C)=O)C(C)=O. The largest absolute Gasteiger partial charge is 0.465 e. The molecule has 0 aliphatic rings. The predicted molar refractivity (Wildman–Crippen MR) is 60.0 cm³/mol. The number of esters is 1. The van der Waals surface area contributed by atoms with Crippen molar-refractivity contribution in [2.45, 2.75) is 47.0 Å². The predicted octanol–water partition coefficient (Wildman–Crippen LogP) is 1.90. The topological polar surface area (TPSA) is 60.4 Å². The molecule has 0 spiro atoms. The molecule has 0 saturated carbocycles. The van der Waals surface area contributed by atoms with Crippen molar-refractivity contribution >= 4 is 17.5 Å². The van der Waals surface area contributed by atoms with Crippen molar-refractivity contribution in [1.29, 1.82) is 0 Å². The lowest BCUT2D eigenvalue weighted by molar-refractivity contribution is -0.160. The highest BCUT2D eigenvalue weighted by Crippen LogP contribution is 2.31. The normalized spacial score (nSPS) is 14.0. The molecule has 0 bridgehead atoms. The van der Waals surface area contributed by atoms with Crippen LogP contribution in [0.3, 0.4) is 0 Å². The lowest BCUT2D eigenvalue weighted by Gasteiger charge is -2.27. The molecule has 4 nitrogen and oxygen atoms in total. The van der Waals surface area contributed by atoms with Gasteiger partial charge in [-0.1, -0.05) is 6.92 Å². The zero-order valence-electron chi connectivity index (χ0n) is 10.5. The van der Waals surface area contributed by atoms with Gasteiger partial charge in [0, 0.05) is 6.42 Å². The van der Waals surface area contributed by atoms with Gasteiger partial charge in [0.2, 0.25) is 0 Å². The molecule has 0 heterocycles. The molecule has 0 aliphatic carbocycles. The minimum atomic E-state index is -1.14. The van der Waals surface area contributed by atoms with Crippen LogP contribution in [0.1, 0.15) is 47.0 Å². The van der Waals surface area contributed by atoms with Gasteiger partial charge in [0.05, 0.1) is 6.61 Å². The maximum Gasteiger partial charge on any atom is 0.319 e. The first-order valence-corrected chi connectivity index (χ1v) is 5.58. The second kappa shape index (κ2) is 6.40. The van der Waals surface area contributed by atoms with E-state index < -0.39 is 11.4 Å². The Morgan fingerprint density at radius 1 is 1.12 bits per heavy atom. The van der Waals surface area contributed by atoms with Gasteiger partial charge in [-0.15, -0.1) is 0 Å². The van der Waals surface area contributed by atoms with Gasteiger partial charge in [0.25, 0.3) is 0 Å². The molecule has 0 aliphatic heterocycles. The third-order valence-corrected chi connectivity index (χ3v) is 2.85. The number of carbonyl (C=O) groups excluding carboxylic acids is 3. The number of hydrogen-bond donors (Lipinski definition) is 0. The Labute approximate surface area is 96.4 Å². The summed E-state index contributed by atoms with van der Waals surface area (Å²) in [5.41, 5.74) is -1.14. The number of carbonyl (C=O) groups is 3. The van der Waals surface area contributed by atoms with Gasteiger partial charge in [-0.2, -0.15) is 0 Å². The first-order chi connectivity index (χ1) is 7.40. The molecular formula is C12H20O4. The third kappa shape index (κ3) is 3.43. The molecule has 92 valence electrons. The highest BCUT2D eigenvalue weighted by molar-refractivity contribution is 6.03. The molecule has 0 N–H and O–H groups in total. The molecule has 4 heteroatoms. The molecular weight excluding hydrogens is 208 g/mol. The number of ketones is 2. The van der Waals surface area contributed by atoms with Crippen LogP contribution >= 0.6 is 0 Å². The maximum atomic E-state index is 11.8. The highest BCUT2D eigenvalue weighted by Gasteiger charge is 2.42. The van der Waals surface area contributed by atoms with Gasteiger partial charge in [-0.25, -0.2) is 0 Å². The first kappa shape index (κ1) is 14.8. The van der Waals surface area contributed by atoms with Crippen molar-refractivity contribution in [2.75, 3.05) is 6.61 Å². The van der Waals surface area contributed by atoms with Gasteiger partial charge in [0.1, 0.15) is 17.0 Å². The van der Waals surface area contributed by atoms with E-state index in [1.54, 1.807) is 13.8 Å². The zero-order chi connectivity index (χ0) is 12.8. The average Bonchev–Trinajstić information content (AvgIpc) is 2.18. The van der Waals surface area contributed by atoms with Crippen LogP contribution in [0.4, 0.5) is 0 Å². The second-order valence-corrected chi connectivity index (χ2v) is 3.91. The molecule has 0 radical (unpaired) electrons. The highest BCUT2D eigenvalue weighted by atomic mass is 16.5. The fourth-order valence-corrected chi connectivity index (χ4v) is 1.65. The van der Waals surface area contributed by atoms with Gasteiger partial charge >= 0.3 is 5.97 Å². The van der Waals surface area contributed by atoms with E-state index in [0.717, 1.165) is 0 Å². The summed E-state index contributed by atoms with van der Waals surface area (Å²) < 4.78 is 4.92. The number of ether oxygens (including phenoxy) is 1. The molecule has 16 heavy (non-hydrogen) atoms. The summed E-state index contributed by atoms with van der Waals surface area (Å²) >= 11 is 0. The Morgan fingerprint density at radius 3 is 2.00 bits per heavy atom. The quantitative estimate of drug-likeness (QED) is 0.493. The molecule has 0 aromatic heterocycles. The molecule has 0 saturated heterocycles. The van der Waals surface area contributed by atoms with E-state index >= 15 is 0 Å². The van der Waals surface area contributed by atoms with Crippen molar-refractivity contribution in [3.05, 3.63) is 0 Å². The van der Waals surface area contributed by atoms with Crippen molar-refractivity contribution < 1.29 is 19.1 Å². The Hall–Kier alpha value is -1.19. The zero-order valence-corrected chi connectivity index (χ0v) is 10.5. The van der Waals surface area contributed by atoms with Crippen LogP contribution in [-0.2, 0) is 19.1 Å². The van der Waals surface area contributed by atoms with Crippen molar-refractivity contribution in [3.63, 3.8) is 0 Å². The van der Waals surface area contributed by atoms with Gasteiger partial charge in [-0.3, -0.25) is 9.59 Å². The molecule has 0 aromatic rings. The summed E-state index contributed by atoms with van der Waals surface area (Å²) in [6, 6.07) is 0. The summed E-state index contributed by atoms with van der Waals surface area (Å²) in [4.78, 5) is 34.4. The molecule has 0 fully saturated rings. The lowest BCUT2D eigenvalue weighted by Crippen LogP contribution is -2.39. The van der Waals surface area contributed by atoms with E-state index in [2.05, 4.69) is 0 Å². The first-order valence-electron chi connectivity index (χ1n) is 5.58. The standard InChI is InChI=1S/C12H20O4/c1-5-12(10(4)14,8-7-9(3)13)11(15)16-6-2/h5-8H2,1-4H3. The van der Waals surface area contributed by atoms with Gasteiger partial charge in [-0.05, 0) is 33.6 Å². The molecule has 0 rings (SSSR count). The second-order valence-electron chi connectivity index (χ2n) is 3.91. The summed E-state index contributed by atoms with van der Waals surface area (Å²) in [6.07, 6.45) is 0.841. The lowest BCUT2D eigenvalue weighted by atomic mass is 9.77. The van der Waals surface area contributed by atoms with Crippen LogP contribution in [0.15, 0.2) is 0 Å². The smallest absolute Gasteiger partial charge is 0.319 e. The van der Waals surface area contributed by atoms with E-state index in [0.29, 0.717) is 6.42 Å². The molecule has 0 amide bonds. The minimum Gasteiger partial charge on any atom is -0.465 e. The Morgan fingerprint density at radius 2 is 1.69 bits per heavy atom. The van der Waals surface area contributed by atoms with Crippen LogP contribution in [0.25, 0.3) is 0 Å². The van der Waals surface area contributed by atoms with Crippen LogP contribution in [-0.4, -0.2) is 24.1 Å². The van der Waals surface area contributed by atoms with Crippen molar-refractivity contribution in [1.82, 2.24) is 0 Å². The van der Waals surface area contributed by atoms with E-state index in [1.165, 1.54) is 13.8 Å². The van der Waals surface area contributed by atoms with E-state index in [9.17, 15) is 14.4 Å². The number of Topliss-reactive ketones (excluding diaryl/α,β-unsaturated/α-hetero) is 2. The van der Waals surface area contributed by atoms with Gasteiger partial charge < -0.3 is 9.53 Å². The average molecular weight is 228 g/mol. The summed E-state index contributed by atoms with van der Waals surface area (Å²) in [5, 5.41) is 0. The Kier molecular flexibility index (Phi) is 5.93. The molecule has 0 aromatic carbocycles. The van der Waals surface area contributed by atoms with Crippen LogP contribution in [0, 0.1) is 5.41 Å². The summed E-state index contributed by atoms with van der Waals surface area (Å²) in [5.74, 6) is -0.760. The summed E-state index contributed by atoms with van der Waals surface area (Å²) in [7, 11) is 0. The number of rotatable bonds is 7. The van der Waals surface area contributed by atoms with E-state index in [-0.39, 0.29) is 31.0 Å². The van der Waals surface area contributed by atoms with E-state index in [4.69, 9.17) is 4.74 Å². The van der Waals surface area contributed by atoms with Crippen LogP contribution < -0.4 is 0 Å². The van der Waals surface area contributed by atoms with Crippen LogP contribution in [0.5, 0.6) is 0 Å². The minimum absolute atomic E-state index is 0.0247. The number of hydrogen-bond acceptors (Lipinski definition) is 4. The van der Waals surface area contributed by atoms with E-state index in [1.807, 2.05) is 0 Å². The molecule has 1 atom stereocenters. The fraction of sp³-hybridized carbons (Fsp3) is 0.750. The fourth-order valence-electron chi connectivity index (χ4n) is 1.65. The third-order valence-electron chi connectivity index (χ3n) is 2.85. The van der Waals surface area contributed by atoms with Crippen molar-refractivity contribution in [3.8, 4) is 0 Å². The Bertz CT molecular complexity index is 283. The molecule has 1 unspecified atom stereocenters. The van der Waals surface area contributed by atoms with Crippen molar-refractivity contribution in [2.24, 2.45) is 5.41 Å². The maximum absolute atomic E-state index is 11.8. The van der Waals surface area contributed by atoms with Crippen LogP contribution in [0.2, 0.25) is 0 Å². The Balaban J connectivity index is 4.91. The monoisotopic (exact) mass is 228 g/mol.